The van der Waals surface area contributed by atoms with Gasteiger partial charge in [-0.15, -0.1) is 0 Å². The van der Waals surface area contributed by atoms with Crippen LogP contribution in [0.1, 0.15) is 44.3 Å². The fraction of sp³-hybridized carbons (Fsp3) is 0.400. The second-order valence-corrected chi connectivity index (χ2v) is 6.79. The van der Waals surface area contributed by atoms with Gasteiger partial charge >= 0.3 is 5.97 Å². The highest BCUT2D eigenvalue weighted by Gasteiger charge is 2.23. The van der Waals surface area contributed by atoms with Gasteiger partial charge in [-0.2, -0.15) is 5.10 Å². The highest BCUT2D eigenvalue weighted by Crippen LogP contribution is 2.34. The summed E-state index contributed by atoms with van der Waals surface area (Å²) in [7, 11) is 0. The Kier molecular flexibility index (Phi) is 4.75. The molecule has 1 aliphatic rings. The topological polar surface area (TPSA) is 90.1 Å². The fourth-order valence-corrected chi connectivity index (χ4v) is 3.69. The van der Waals surface area contributed by atoms with Gasteiger partial charge in [-0.25, -0.2) is 19.4 Å². The van der Waals surface area contributed by atoms with Crippen molar-refractivity contribution in [3.8, 4) is 17.1 Å². The van der Waals surface area contributed by atoms with E-state index in [0.717, 1.165) is 36.0 Å². The Morgan fingerprint density at radius 1 is 1.30 bits per heavy atom. The van der Waals surface area contributed by atoms with Crippen molar-refractivity contribution in [3.63, 3.8) is 0 Å². The number of aliphatic carboxylic acids is 1. The third kappa shape index (κ3) is 3.37. The Bertz CT molecular complexity index is 977. The molecule has 1 aliphatic carbocycles. The minimum atomic E-state index is -1.02. The molecule has 0 aliphatic heterocycles. The van der Waals surface area contributed by atoms with Gasteiger partial charge in [0.15, 0.2) is 18.1 Å². The van der Waals surface area contributed by atoms with Gasteiger partial charge in [-0.05, 0) is 31.4 Å². The standard InChI is InChI=1S/C20H22N4O3/c1-2-16-15-11-21-19(14-9-5-6-10-17(14)27-12-18(25)26)22-20(15)24(23-16)13-7-3-4-8-13/h5-6,9-11,13H,2-4,7-8,12H2,1H3,(H,25,26). The first kappa shape index (κ1) is 17.5. The van der Waals surface area contributed by atoms with Crippen LogP contribution in [0.2, 0.25) is 0 Å². The number of hydrogen-bond acceptors (Lipinski definition) is 5. The van der Waals surface area contributed by atoms with Crippen LogP contribution >= 0.6 is 0 Å². The molecule has 3 aromatic rings. The normalized spacial score (nSPS) is 14.7. The summed E-state index contributed by atoms with van der Waals surface area (Å²) < 4.78 is 7.48. The molecule has 1 N–H and O–H groups in total. The molecule has 7 nitrogen and oxygen atoms in total. The first-order valence-electron chi connectivity index (χ1n) is 9.35. The van der Waals surface area contributed by atoms with E-state index in [9.17, 15) is 4.79 Å². The molecule has 2 aromatic heterocycles. The van der Waals surface area contributed by atoms with E-state index in [0.29, 0.717) is 23.2 Å². The zero-order chi connectivity index (χ0) is 18.8. The van der Waals surface area contributed by atoms with Crippen molar-refractivity contribution in [2.75, 3.05) is 6.61 Å². The lowest BCUT2D eigenvalue weighted by atomic mass is 10.1. The van der Waals surface area contributed by atoms with Gasteiger partial charge in [-0.1, -0.05) is 31.9 Å². The van der Waals surface area contributed by atoms with Gasteiger partial charge in [0.1, 0.15) is 5.75 Å². The van der Waals surface area contributed by atoms with Crippen LogP contribution < -0.4 is 4.74 Å². The van der Waals surface area contributed by atoms with Crippen molar-refractivity contribution < 1.29 is 14.6 Å². The molecule has 0 unspecified atom stereocenters. The molecule has 2 heterocycles. The second-order valence-electron chi connectivity index (χ2n) is 6.79. The SMILES string of the molecule is CCc1nn(C2CCCC2)c2nc(-c3ccccc3OCC(=O)O)ncc12. The average Bonchev–Trinajstić information content (AvgIpc) is 3.33. The molecule has 0 saturated heterocycles. The van der Waals surface area contributed by atoms with E-state index in [4.69, 9.17) is 19.9 Å². The Morgan fingerprint density at radius 2 is 2.07 bits per heavy atom. The van der Waals surface area contributed by atoms with Crippen LogP contribution in [-0.4, -0.2) is 37.4 Å². The molecule has 0 amide bonds. The van der Waals surface area contributed by atoms with Gasteiger partial charge in [0, 0.05) is 6.20 Å². The molecular weight excluding hydrogens is 344 g/mol. The fourth-order valence-electron chi connectivity index (χ4n) is 3.69. The number of benzene rings is 1. The number of fused-ring (bicyclic) bond motifs is 1. The number of ether oxygens (including phenoxy) is 1. The molecule has 27 heavy (non-hydrogen) atoms. The number of carboxylic acid groups (broad SMARTS) is 1. The molecular formula is C20H22N4O3. The molecule has 0 spiro atoms. The Morgan fingerprint density at radius 3 is 2.81 bits per heavy atom. The maximum atomic E-state index is 10.9. The average molecular weight is 366 g/mol. The van der Waals surface area contributed by atoms with Crippen molar-refractivity contribution in [1.29, 1.82) is 0 Å². The minimum Gasteiger partial charge on any atom is -0.481 e. The van der Waals surface area contributed by atoms with E-state index >= 15 is 0 Å². The van der Waals surface area contributed by atoms with Crippen molar-refractivity contribution in [3.05, 3.63) is 36.2 Å². The smallest absolute Gasteiger partial charge is 0.341 e. The van der Waals surface area contributed by atoms with E-state index in [2.05, 4.69) is 16.6 Å². The van der Waals surface area contributed by atoms with Crippen LogP contribution in [0.5, 0.6) is 5.75 Å². The van der Waals surface area contributed by atoms with E-state index < -0.39 is 12.6 Å². The minimum absolute atomic E-state index is 0.383. The number of aromatic nitrogens is 4. The summed E-state index contributed by atoms with van der Waals surface area (Å²) in [5, 5.41) is 14.7. The number of nitrogens with zero attached hydrogens (tertiary/aromatic N) is 4. The van der Waals surface area contributed by atoms with Gasteiger partial charge in [0.05, 0.1) is 22.7 Å². The van der Waals surface area contributed by atoms with Gasteiger partial charge < -0.3 is 9.84 Å². The molecule has 140 valence electrons. The molecule has 0 bridgehead atoms. The number of para-hydroxylation sites is 1. The lowest BCUT2D eigenvalue weighted by Gasteiger charge is -2.12. The first-order chi connectivity index (χ1) is 13.2. The van der Waals surface area contributed by atoms with E-state index in [1.54, 1.807) is 12.1 Å². The molecule has 4 rings (SSSR count). The van der Waals surface area contributed by atoms with Gasteiger partial charge in [0.25, 0.3) is 0 Å². The third-order valence-corrected chi connectivity index (χ3v) is 5.01. The van der Waals surface area contributed by atoms with E-state index in [1.807, 2.05) is 18.3 Å². The number of hydrogen-bond donors (Lipinski definition) is 1. The molecule has 0 radical (unpaired) electrons. The van der Waals surface area contributed by atoms with Crippen LogP contribution in [0.25, 0.3) is 22.4 Å². The van der Waals surface area contributed by atoms with E-state index in [1.165, 1.54) is 12.8 Å². The Hall–Kier alpha value is -2.96. The molecule has 1 aromatic carbocycles. The van der Waals surface area contributed by atoms with Crippen LogP contribution in [-0.2, 0) is 11.2 Å². The van der Waals surface area contributed by atoms with Crippen LogP contribution in [0.15, 0.2) is 30.5 Å². The number of rotatable bonds is 6. The summed E-state index contributed by atoms with van der Waals surface area (Å²) in [6.07, 6.45) is 7.34. The monoisotopic (exact) mass is 366 g/mol. The summed E-state index contributed by atoms with van der Waals surface area (Å²) in [5.41, 5.74) is 2.54. The number of aryl methyl sites for hydroxylation is 1. The summed E-state index contributed by atoms with van der Waals surface area (Å²) in [6, 6.07) is 7.63. The van der Waals surface area contributed by atoms with Crippen molar-refractivity contribution >= 4 is 17.0 Å². The van der Waals surface area contributed by atoms with Gasteiger partial charge in [0.2, 0.25) is 0 Å². The highest BCUT2D eigenvalue weighted by molar-refractivity contribution is 5.80. The predicted molar refractivity (Wildman–Crippen MR) is 101 cm³/mol. The maximum Gasteiger partial charge on any atom is 0.341 e. The third-order valence-electron chi connectivity index (χ3n) is 5.01. The Labute approximate surface area is 157 Å². The number of carbonyl (C=O) groups is 1. The van der Waals surface area contributed by atoms with Crippen LogP contribution in [0.3, 0.4) is 0 Å². The van der Waals surface area contributed by atoms with Crippen molar-refractivity contribution in [2.45, 2.75) is 45.1 Å². The second kappa shape index (κ2) is 7.34. The largest absolute Gasteiger partial charge is 0.481 e. The number of carboxylic acids is 1. The van der Waals surface area contributed by atoms with Crippen molar-refractivity contribution in [2.24, 2.45) is 0 Å². The highest BCUT2D eigenvalue weighted by atomic mass is 16.5. The zero-order valence-corrected chi connectivity index (χ0v) is 15.3. The van der Waals surface area contributed by atoms with Crippen molar-refractivity contribution in [1.82, 2.24) is 19.7 Å². The summed E-state index contributed by atoms with van der Waals surface area (Å²) in [5.74, 6) is -0.0414. The first-order valence-corrected chi connectivity index (χ1v) is 9.35. The molecule has 1 saturated carbocycles. The predicted octanol–water partition coefficient (Wildman–Crippen LogP) is 3.63. The lowest BCUT2D eigenvalue weighted by Crippen LogP contribution is -2.10. The van der Waals surface area contributed by atoms with Gasteiger partial charge in [-0.3, -0.25) is 0 Å². The zero-order valence-electron chi connectivity index (χ0n) is 15.3. The van der Waals surface area contributed by atoms with E-state index in [-0.39, 0.29) is 0 Å². The quantitative estimate of drug-likeness (QED) is 0.716. The molecule has 7 heteroatoms. The molecule has 1 fully saturated rings. The van der Waals surface area contributed by atoms with Crippen LogP contribution in [0, 0.1) is 0 Å². The maximum absolute atomic E-state index is 10.9. The Balaban J connectivity index is 1.80. The molecule has 0 atom stereocenters. The summed E-state index contributed by atoms with van der Waals surface area (Å²) in [4.78, 5) is 20.2. The lowest BCUT2D eigenvalue weighted by molar-refractivity contribution is -0.139. The summed E-state index contributed by atoms with van der Waals surface area (Å²) >= 11 is 0. The van der Waals surface area contributed by atoms with Crippen LogP contribution in [0.4, 0.5) is 0 Å². The summed E-state index contributed by atoms with van der Waals surface area (Å²) in [6.45, 7) is 1.68.